The number of carbonyl (C=O) groups is 1. The van der Waals surface area contributed by atoms with Crippen molar-refractivity contribution in [3.63, 3.8) is 0 Å². The standard InChI is InChI=1S/C17H22N2O2/c1-12(2)14(4)19(11-15-8-6-10-21-15)17(20)16-9-5-7-13(3)18-16/h5-10,12,14H,11H2,1-4H3/t14-/m1/s1. The summed E-state index contributed by atoms with van der Waals surface area (Å²) < 4.78 is 5.39. The first-order chi connectivity index (χ1) is 9.99. The molecule has 0 saturated carbocycles. The normalized spacial score (nSPS) is 12.4. The lowest BCUT2D eigenvalue weighted by Gasteiger charge is -2.31. The summed E-state index contributed by atoms with van der Waals surface area (Å²) in [6.07, 6.45) is 1.63. The van der Waals surface area contributed by atoms with Crippen LogP contribution in [0.4, 0.5) is 0 Å². The van der Waals surface area contributed by atoms with Crippen LogP contribution in [0.1, 0.15) is 42.7 Å². The van der Waals surface area contributed by atoms with Crippen LogP contribution in [0, 0.1) is 12.8 Å². The van der Waals surface area contributed by atoms with Crippen LogP contribution >= 0.6 is 0 Å². The van der Waals surface area contributed by atoms with E-state index in [1.165, 1.54) is 0 Å². The molecule has 2 rings (SSSR count). The minimum atomic E-state index is -0.0590. The second-order valence-electron chi connectivity index (χ2n) is 5.66. The predicted octanol–water partition coefficient (Wildman–Crippen LogP) is 3.67. The Kier molecular flexibility index (Phi) is 4.78. The van der Waals surface area contributed by atoms with E-state index in [2.05, 4.69) is 25.8 Å². The molecule has 0 aliphatic rings. The van der Waals surface area contributed by atoms with Crippen molar-refractivity contribution in [1.82, 2.24) is 9.88 Å². The molecule has 0 radical (unpaired) electrons. The first-order valence-corrected chi connectivity index (χ1v) is 7.26. The Hall–Kier alpha value is -2.10. The molecule has 0 N–H and O–H groups in total. The second-order valence-corrected chi connectivity index (χ2v) is 5.66. The molecule has 4 heteroatoms. The van der Waals surface area contributed by atoms with Crippen molar-refractivity contribution >= 4 is 5.91 Å². The number of pyridine rings is 1. The summed E-state index contributed by atoms with van der Waals surface area (Å²) in [6, 6.07) is 9.34. The summed E-state index contributed by atoms with van der Waals surface area (Å²) in [5, 5.41) is 0. The monoisotopic (exact) mass is 286 g/mol. The number of amides is 1. The van der Waals surface area contributed by atoms with Gasteiger partial charge in [-0.2, -0.15) is 0 Å². The molecule has 0 fully saturated rings. The van der Waals surface area contributed by atoms with Gasteiger partial charge in [-0.1, -0.05) is 19.9 Å². The number of carbonyl (C=O) groups excluding carboxylic acids is 1. The Bertz CT molecular complexity index is 591. The van der Waals surface area contributed by atoms with Gasteiger partial charge >= 0.3 is 0 Å². The van der Waals surface area contributed by atoms with Gasteiger partial charge < -0.3 is 9.32 Å². The van der Waals surface area contributed by atoms with E-state index in [-0.39, 0.29) is 11.9 Å². The third kappa shape index (κ3) is 3.72. The van der Waals surface area contributed by atoms with Gasteiger partial charge in [0.1, 0.15) is 11.5 Å². The minimum absolute atomic E-state index is 0.0590. The van der Waals surface area contributed by atoms with Gasteiger partial charge in [0.05, 0.1) is 12.8 Å². The van der Waals surface area contributed by atoms with Crippen LogP contribution in [0.5, 0.6) is 0 Å². The van der Waals surface area contributed by atoms with E-state index in [1.807, 2.05) is 36.1 Å². The Morgan fingerprint density at radius 3 is 2.57 bits per heavy atom. The molecule has 21 heavy (non-hydrogen) atoms. The second kappa shape index (κ2) is 6.57. The molecule has 1 atom stereocenters. The van der Waals surface area contributed by atoms with Crippen LogP contribution in [0.15, 0.2) is 41.0 Å². The fraction of sp³-hybridized carbons (Fsp3) is 0.412. The number of rotatable bonds is 5. The van der Waals surface area contributed by atoms with Crippen LogP contribution in [0.3, 0.4) is 0 Å². The molecular formula is C17H22N2O2. The van der Waals surface area contributed by atoms with Gasteiger partial charge in [0.15, 0.2) is 0 Å². The van der Waals surface area contributed by atoms with Crippen molar-refractivity contribution in [2.24, 2.45) is 5.92 Å². The molecule has 112 valence electrons. The molecule has 0 saturated heterocycles. The fourth-order valence-electron chi connectivity index (χ4n) is 2.14. The van der Waals surface area contributed by atoms with E-state index in [4.69, 9.17) is 4.42 Å². The van der Waals surface area contributed by atoms with E-state index < -0.39 is 0 Å². The molecule has 0 aliphatic heterocycles. The highest BCUT2D eigenvalue weighted by Gasteiger charge is 2.25. The van der Waals surface area contributed by atoms with Crippen LogP contribution in [-0.4, -0.2) is 21.8 Å². The van der Waals surface area contributed by atoms with E-state index >= 15 is 0 Å². The Balaban J connectivity index is 2.27. The Labute approximate surface area is 125 Å². The molecule has 0 bridgehead atoms. The molecule has 0 spiro atoms. The summed E-state index contributed by atoms with van der Waals surface area (Å²) in [5.74, 6) is 1.08. The van der Waals surface area contributed by atoms with Crippen molar-refractivity contribution in [3.05, 3.63) is 53.7 Å². The molecule has 0 unspecified atom stereocenters. The highest BCUT2D eigenvalue weighted by Crippen LogP contribution is 2.18. The van der Waals surface area contributed by atoms with E-state index in [9.17, 15) is 4.79 Å². The van der Waals surface area contributed by atoms with Crippen molar-refractivity contribution in [2.45, 2.75) is 40.3 Å². The van der Waals surface area contributed by atoms with Gasteiger partial charge in [0, 0.05) is 11.7 Å². The molecular weight excluding hydrogens is 264 g/mol. The maximum Gasteiger partial charge on any atom is 0.273 e. The molecule has 4 nitrogen and oxygen atoms in total. The maximum absolute atomic E-state index is 12.8. The summed E-state index contributed by atoms with van der Waals surface area (Å²) in [5.41, 5.74) is 1.32. The lowest BCUT2D eigenvalue weighted by Crippen LogP contribution is -2.41. The third-order valence-electron chi connectivity index (χ3n) is 3.73. The van der Waals surface area contributed by atoms with Gasteiger partial charge in [0.25, 0.3) is 5.91 Å². The summed E-state index contributed by atoms with van der Waals surface area (Å²) in [7, 11) is 0. The maximum atomic E-state index is 12.8. The molecule has 0 aromatic carbocycles. The van der Waals surface area contributed by atoms with Crippen LogP contribution in [-0.2, 0) is 6.54 Å². The number of nitrogens with zero attached hydrogens (tertiary/aromatic N) is 2. The van der Waals surface area contributed by atoms with Gasteiger partial charge in [-0.25, -0.2) is 4.98 Å². The topological polar surface area (TPSA) is 46.3 Å². The molecule has 1 amide bonds. The van der Waals surface area contributed by atoms with Crippen LogP contribution in [0.25, 0.3) is 0 Å². The number of hydrogen-bond donors (Lipinski definition) is 0. The number of furan rings is 1. The number of aromatic nitrogens is 1. The number of aryl methyl sites for hydroxylation is 1. The first kappa shape index (κ1) is 15.3. The highest BCUT2D eigenvalue weighted by molar-refractivity contribution is 5.92. The molecule has 2 aromatic heterocycles. The van der Waals surface area contributed by atoms with Gasteiger partial charge in [0.2, 0.25) is 0 Å². The summed E-state index contributed by atoms with van der Waals surface area (Å²) in [4.78, 5) is 19.0. The quantitative estimate of drug-likeness (QED) is 0.842. The van der Waals surface area contributed by atoms with Crippen LogP contribution < -0.4 is 0 Å². The van der Waals surface area contributed by atoms with Crippen LogP contribution in [0.2, 0.25) is 0 Å². The molecule has 0 aliphatic carbocycles. The lowest BCUT2D eigenvalue weighted by molar-refractivity contribution is 0.0604. The predicted molar refractivity (Wildman–Crippen MR) is 81.9 cm³/mol. The molecule has 2 aromatic rings. The number of hydrogen-bond acceptors (Lipinski definition) is 3. The first-order valence-electron chi connectivity index (χ1n) is 7.26. The van der Waals surface area contributed by atoms with E-state index in [0.29, 0.717) is 18.2 Å². The summed E-state index contributed by atoms with van der Waals surface area (Å²) in [6.45, 7) is 8.62. The molecule has 2 heterocycles. The zero-order valence-electron chi connectivity index (χ0n) is 13.0. The highest BCUT2D eigenvalue weighted by atomic mass is 16.3. The van der Waals surface area contributed by atoms with Crippen molar-refractivity contribution in [3.8, 4) is 0 Å². The van der Waals surface area contributed by atoms with E-state index in [0.717, 1.165) is 11.5 Å². The Morgan fingerprint density at radius 1 is 1.24 bits per heavy atom. The largest absolute Gasteiger partial charge is 0.467 e. The van der Waals surface area contributed by atoms with Crippen molar-refractivity contribution in [2.75, 3.05) is 0 Å². The van der Waals surface area contributed by atoms with Gasteiger partial charge in [-0.3, -0.25) is 4.79 Å². The van der Waals surface area contributed by atoms with E-state index in [1.54, 1.807) is 12.3 Å². The zero-order valence-corrected chi connectivity index (χ0v) is 13.0. The lowest BCUT2D eigenvalue weighted by atomic mass is 10.0. The van der Waals surface area contributed by atoms with Gasteiger partial charge in [-0.05, 0) is 44.0 Å². The zero-order chi connectivity index (χ0) is 15.4. The SMILES string of the molecule is Cc1cccc(C(=O)N(Cc2ccco2)[C@H](C)C(C)C)n1. The van der Waals surface area contributed by atoms with Gasteiger partial charge in [-0.15, -0.1) is 0 Å². The fourth-order valence-corrected chi connectivity index (χ4v) is 2.14. The average Bonchev–Trinajstić information content (AvgIpc) is 2.96. The minimum Gasteiger partial charge on any atom is -0.467 e. The summed E-state index contributed by atoms with van der Waals surface area (Å²) >= 11 is 0. The smallest absolute Gasteiger partial charge is 0.273 e. The third-order valence-corrected chi connectivity index (χ3v) is 3.73. The average molecular weight is 286 g/mol. The Morgan fingerprint density at radius 2 is 2.00 bits per heavy atom. The van der Waals surface area contributed by atoms with Crippen molar-refractivity contribution in [1.29, 1.82) is 0 Å². The van der Waals surface area contributed by atoms with Crippen molar-refractivity contribution < 1.29 is 9.21 Å².